The predicted octanol–water partition coefficient (Wildman–Crippen LogP) is 14.1. The van der Waals surface area contributed by atoms with Crippen LogP contribution in [0.1, 0.15) is 228 Å². The Kier molecular flexibility index (Phi) is 31.6. The van der Waals surface area contributed by atoms with E-state index in [9.17, 15) is 43.2 Å². The van der Waals surface area contributed by atoms with Gasteiger partial charge in [0.1, 0.15) is 88.6 Å². The van der Waals surface area contributed by atoms with Crippen LogP contribution in [-0.2, 0) is 105 Å². The fourth-order valence-corrected chi connectivity index (χ4v) is 20.0. The molecular weight excluding hydrogens is 1800 g/mol. The molecular formula is C96H123F2N12O18V3-3. The van der Waals surface area contributed by atoms with Crippen molar-refractivity contribution in [1.29, 1.82) is 0 Å². The number of aromatic nitrogens is 6. The second kappa shape index (κ2) is 40.9. The molecule has 3 saturated heterocycles. The van der Waals surface area contributed by atoms with E-state index in [2.05, 4.69) is 38.5 Å². The van der Waals surface area contributed by atoms with Gasteiger partial charge in [-0.25, -0.2) is 71.9 Å². The average Bonchev–Trinajstić information content (AvgIpc) is 1.64. The van der Waals surface area contributed by atoms with Crippen molar-refractivity contribution >= 4 is 88.0 Å². The molecule has 17 rings (SSSR count). The topological polar surface area (TPSA) is 360 Å². The molecule has 22 atom stereocenters. The van der Waals surface area contributed by atoms with Gasteiger partial charge in [-0.15, -0.1) is 0 Å². The molecule has 11 aliphatic rings. The van der Waals surface area contributed by atoms with Gasteiger partial charge in [-0.2, -0.15) is 0 Å². The number of nitrogens with one attached hydrogen (secondary N) is 3. The maximum absolute atomic E-state index is 15.1. The van der Waals surface area contributed by atoms with Crippen LogP contribution in [0.3, 0.4) is 0 Å². The van der Waals surface area contributed by atoms with Crippen LogP contribution in [0.2, 0.25) is 0 Å². The van der Waals surface area contributed by atoms with E-state index in [1.165, 1.54) is 21.8 Å². The molecule has 131 heavy (non-hydrogen) atoms. The minimum absolute atomic E-state index is 0. The molecule has 6 amide bonds. The van der Waals surface area contributed by atoms with Crippen LogP contribution in [0.4, 0.5) is 23.2 Å². The molecule has 3 aromatic heterocycles. The average molecular weight is 1920 g/mol. The summed E-state index contributed by atoms with van der Waals surface area (Å²) in [6.07, 6.45) is 13.3. The van der Waals surface area contributed by atoms with Gasteiger partial charge in [0.15, 0.2) is 0 Å². The summed E-state index contributed by atoms with van der Waals surface area (Å²) in [6, 6.07) is 11.0. The maximum Gasteiger partial charge on any atom is 0.408 e. The van der Waals surface area contributed by atoms with Gasteiger partial charge in [0.05, 0.1) is 74.1 Å². The van der Waals surface area contributed by atoms with Crippen molar-refractivity contribution in [3.63, 3.8) is 0 Å². The van der Waals surface area contributed by atoms with Crippen LogP contribution < -0.4 is 44.4 Å². The van der Waals surface area contributed by atoms with Crippen LogP contribution in [0.25, 0.3) is 33.1 Å². The van der Waals surface area contributed by atoms with Gasteiger partial charge >= 0.3 is 18.3 Å². The number of fused-ring (bicyclic) bond motifs is 19. The van der Waals surface area contributed by atoms with Crippen LogP contribution in [0.5, 0.6) is 34.9 Å². The number of halogens is 2. The van der Waals surface area contributed by atoms with Crippen molar-refractivity contribution in [1.82, 2.24) is 60.6 Å². The van der Waals surface area contributed by atoms with Crippen molar-refractivity contribution in [2.45, 2.75) is 296 Å². The van der Waals surface area contributed by atoms with Gasteiger partial charge in [0.2, 0.25) is 41.3 Å². The first kappa shape index (κ1) is 101. The Hall–Kier alpha value is -8.68. The van der Waals surface area contributed by atoms with Gasteiger partial charge in [0.25, 0.3) is 0 Å². The van der Waals surface area contributed by atoms with E-state index in [-0.39, 0.29) is 154 Å². The molecule has 30 nitrogen and oxygen atoms in total. The summed E-state index contributed by atoms with van der Waals surface area (Å²) in [4.78, 5) is 152. The summed E-state index contributed by atoms with van der Waals surface area (Å²) in [5, 5.41) is 8.37. The number of aryl methyl sites for hydroxylation is 1. The molecule has 4 unspecified atom stereocenters. The smallest absolute Gasteiger partial charge is 0.408 e. The molecule has 6 aliphatic heterocycles. The number of alkyl halides is 2. The zero-order valence-corrected chi connectivity index (χ0v) is 81.8. The Bertz CT molecular complexity index is 5200. The summed E-state index contributed by atoms with van der Waals surface area (Å²) in [7, 11) is 4.75. The molecule has 8 fully saturated rings. The first-order valence-corrected chi connectivity index (χ1v) is 45.8. The van der Waals surface area contributed by atoms with E-state index >= 15 is 8.78 Å². The van der Waals surface area contributed by atoms with Crippen LogP contribution in [0.15, 0.2) is 54.6 Å². The standard InChI is InChI=1S/C33H43N4O6.C32H41N4O6.C31H39F2N4O6.3V/c1-7-21-25(17-38)37-16-26(21)42-29-27(34-23-12-11-20(41-6)14-24(23)35-29)22-13-18(22)9-8-10-19-15-33(19,5)43-31(40)36-28(30(37)39)32(2,3)4;1-6-20-24(16-37)36-15-26(20)41-29-27(33-22-11-10-19(40-5)14-23(22)34-29)21-12-17(21)8-7-9-18-13-25(18)42-31(39)35-28(30(36)38)32(2,3)4;1-6-19-23(16-38)37-15-25(19)42-27-21(34-20-8-7-18(41-5)14-22(20)35-27)10-12-31(32,33)11-9-17-13-24(17)43-29(40)36-26(28(37)39)30(2,3)4;;;/h11-12,14,18-19,21-22,25-26,28H,7-10,13,15-16H2,1-6H3,(H,36,40);10-11,14,17-18,20-21,24-26,28H,6-9,12-13,15H2,1-5H3,(H,35,39);7-8,14,17,19,23-26H,6,9-13,15H2,1-5H3,(H,36,40);;;/q3*-1;;;/t18?,19-,21+,22?,25-,26+,28-,33-;17?,18-,20+,21?,24-,25-,26+,28-;17-,19+,23-,24-,25+,26-;;;/m111.../s1. The number of hydrogen-bond acceptors (Lipinski definition) is 24. The van der Waals surface area contributed by atoms with Crippen molar-refractivity contribution in [3.8, 4) is 34.9 Å². The monoisotopic (exact) mass is 1920 g/mol. The molecule has 3 radical (unpaired) electrons. The second-order valence-electron chi connectivity index (χ2n) is 40.5. The van der Waals surface area contributed by atoms with Gasteiger partial charge in [0, 0.05) is 111 Å². The van der Waals surface area contributed by atoms with Crippen molar-refractivity contribution in [2.24, 2.45) is 63.6 Å². The van der Waals surface area contributed by atoms with Gasteiger partial charge < -0.3 is 87.7 Å². The molecule has 3 aromatic carbocycles. The molecule has 9 heterocycles. The molecule has 5 saturated carbocycles. The number of benzene rings is 3. The van der Waals surface area contributed by atoms with Gasteiger partial charge in [-0.3, -0.25) is 14.4 Å². The fourth-order valence-electron chi connectivity index (χ4n) is 20.0. The number of carbonyl (C=O) groups is 6. The van der Waals surface area contributed by atoms with Crippen molar-refractivity contribution in [2.75, 3.05) is 41.0 Å². The van der Waals surface area contributed by atoms with E-state index in [1.54, 1.807) is 53.2 Å². The number of hydrogen-bond donors (Lipinski definition) is 3. The number of alkyl carbamates (subject to hydrolysis) is 3. The molecule has 5 aliphatic carbocycles. The third-order valence-electron chi connectivity index (χ3n) is 28.3. The summed E-state index contributed by atoms with van der Waals surface area (Å²) in [6.45, 7) is 24.9. The van der Waals surface area contributed by atoms with E-state index in [0.717, 1.165) is 86.6 Å². The largest absolute Gasteiger partial charge is 0.540 e. The summed E-state index contributed by atoms with van der Waals surface area (Å²) in [5.41, 5.74) is 3.30. The molecule has 3 N–H and O–H groups in total. The third-order valence-corrected chi connectivity index (χ3v) is 28.3. The predicted molar refractivity (Wildman–Crippen MR) is 467 cm³/mol. The van der Waals surface area contributed by atoms with Crippen molar-refractivity contribution < 1.29 is 150 Å². The SMILES string of the molecule is CC[C@@H]1[C@@H]2CN(C(=O)[C@H](C(C)(C)C)NC(=O)O[C@@H]3C[C@H]3CCC(F)(F)CCc3nc4ccc(OC)cc4nc3O2)[C@@H]1[C-]=O.CC[C@@H]1[C@@H]2CN(C(=O)[C@H](C(C)(C)C)NC(=O)O[C@@H]3C[C@H]3CCCC3CC3c3nc4ccc(OC)cc4nc3O2)[C@@H]1[C-]=O.CC[C@@H]1[C@@H]2CN(C(=O)[C@H](C(C)(C)C)NC(=O)O[C@]3(C)C[C@H]3CCCC3CC3c3nc4ccc(OC)cc4nc3O2)[C@@H]1[C-]=O.[V].[V].[V]. The number of amides is 6. The quantitative estimate of drug-likeness (QED) is 0.0894. The molecule has 35 heteroatoms. The van der Waals surface area contributed by atoms with Crippen LogP contribution >= 0.6 is 0 Å². The number of ether oxygens (including phenoxy) is 9. The van der Waals surface area contributed by atoms with Crippen molar-refractivity contribution in [3.05, 3.63) is 71.7 Å². The van der Waals surface area contributed by atoms with Gasteiger partial charge in [-0.05, 0) is 165 Å². The molecule has 6 bridgehead atoms. The first-order chi connectivity index (χ1) is 60.9. The van der Waals surface area contributed by atoms with E-state index in [4.69, 9.17) is 62.6 Å². The zero-order valence-electron chi connectivity index (χ0n) is 77.6. The maximum atomic E-state index is 15.1. The minimum atomic E-state index is -2.98. The van der Waals surface area contributed by atoms with E-state index in [1.807, 2.05) is 112 Å². The fraction of sp³-hybridized carbons (Fsp3) is 0.656. The van der Waals surface area contributed by atoms with Gasteiger partial charge in [-0.1, -0.05) is 133 Å². The van der Waals surface area contributed by atoms with Crippen LogP contribution in [0, 0.1) is 63.6 Å². The Balaban J connectivity index is 0.000000176. The number of carbonyl (C=O) groups excluding carboxylic acids is 9. The Labute approximate surface area is 800 Å². The zero-order chi connectivity index (χ0) is 91.5. The summed E-state index contributed by atoms with van der Waals surface area (Å²) >= 11 is 0. The molecule has 6 aromatic rings. The first-order valence-electron chi connectivity index (χ1n) is 45.8. The Morgan fingerprint density at radius 3 is 1.18 bits per heavy atom. The number of rotatable bonds is 9. The van der Waals surface area contributed by atoms with E-state index in [0.29, 0.717) is 100 Å². The molecule has 0 spiro atoms. The number of methoxy groups -OCH3 is 3. The Morgan fingerprint density at radius 1 is 0.443 bits per heavy atom. The van der Waals surface area contributed by atoms with Crippen LogP contribution in [-0.4, -0.2) is 219 Å². The number of nitrogens with zero attached hydrogens (tertiary/aromatic N) is 9. The summed E-state index contributed by atoms with van der Waals surface area (Å²) < 4.78 is 83.2. The van der Waals surface area contributed by atoms with E-state index < -0.39 is 125 Å². The minimum Gasteiger partial charge on any atom is -0.540 e. The molecule has 707 valence electrons. The Morgan fingerprint density at radius 2 is 0.802 bits per heavy atom. The second-order valence-corrected chi connectivity index (χ2v) is 40.5. The summed E-state index contributed by atoms with van der Waals surface area (Å²) in [5.74, 6) is -0.350. The third kappa shape index (κ3) is 22.6. The normalized spacial score (nSPS) is 31.6.